The van der Waals surface area contributed by atoms with Crippen LogP contribution in [-0.4, -0.2) is 21.1 Å². The van der Waals surface area contributed by atoms with Gasteiger partial charge in [0.2, 0.25) is 0 Å². The first-order chi connectivity index (χ1) is 11.2. The molecule has 0 aromatic heterocycles. The molecule has 0 N–H and O–H groups in total. The summed E-state index contributed by atoms with van der Waals surface area (Å²) in [7, 11) is -3.62. The second-order valence-electron chi connectivity index (χ2n) is 7.21. The van der Waals surface area contributed by atoms with Crippen molar-refractivity contribution in [3.05, 3.63) is 54.1 Å². The average Bonchev–Trinajstić information content (AvgIpc) is 2.53. The minimum atomic E-state index is -3.62. The predicted octanol–water partition coefficient (Wildman–Crippen LogP) is 3.96. The molecule has 24 heavy (non-hydrogen) atoms. The van der Waals surface area contributed by atoms with Crippen molar-refractivity contribution in [1.82, 2.24) is 0 Å². The van der Waals surface area contributed by atoms with Crippen molar-refractivity contribution in [3.8, 4) is 5.75 Å². The molecule has 0 spiro atoms. The Bertz CT molecular complexity index is 836. The van der Waals surface area contributed by atoms with Gasteiger partial charge in [-0.3, -0.25) is 4.31 Å². The lowest BCUT2D eigenvalue weighted by atomic mass is 9.87. The number of nitrogens with zero attached hydrogens (tertiary/aromatic N) is 1. The molecule has 2 aromatic carbocycles. The van der Waals surface area contributed by atoms with Crippen LogP contribution >= 0.6 is 0 Å². The Morgan fingerprint density at radius 1 is 1.04 bits per heavy atom. The zero-order valence-corrected chi connectivity index (χ0v) is 15.3. The summed E-state index contributed by atoms with van der Waals surface area (Å²) in [6.45, 7) is 8.50. The fraction of sp³-hybridized carbons (Fsp3) is 0.368. The van der Waals surface area contributed by atoms with Gasteiger partial charge in [-0.1, -0.05) is 45.0 Å². The van der Waals surface area contributed by atoms with Crippen LogP contribution in [0.4, 0.5) is 5.69 Å². The van der Waals surface area contributed by atoms with Gasteiger partial charge in [0.25, 0.3) is 10.0 Å². The fourth-order valence-electron chi connectivity index (χ4n) is 2.83. The van der Waals surface area contributed by atoms with Crippen LogP contribution < -0.4 is 9.04 Å². The Balaban J connectivity index is 2.02. The summed E-state index contributed by atoms with van der Waals surface area (Å²) in [6, 6.07) is 14.4. The fourth-order valence-corrected chi connectivity index (χ4v) is 4.38. The van der Waals surface area contributed by atoms with E-state index in [1.807, 2.05) is 31.2 Å². The second-order valence-corrected chi connectivity index (χ2v) is 9.07. The average molecular weight is 345 g/mol. The van der Waals surface area contributed by atoms with Crippen LogP contribution in [-0.2, 0) is 15.4 Å². The molecule has 0 amide bonds. The van der Waals surface area contributed by atoms with Crippen molar-refractivity contribution >= 4 is 15.7 Å². The Morgan fingerprint density at radius 3 is 2.29 bits per heavy atom. The van der Waals surface area contributed by atoms with E-state index in [9.17, 15) is 8.42 Å². The lowest BCUT2D eigenvalue weighted by Gasteiger charge is -2.34. The summed E-state index contributed by atoms with van der Waals surface area (Å²) >= 11 is 0. The van der Waals surface area contributed by atoms with Gasteiger partial charge in [-0.15, -0.1) is 0 Å². The maximum absolute atomic E-state index is 13.1. The first kappa shape index (κ1) is 16.8. The van der Waals surface area contributed by atoms with Crippen molar-refractivity contribution in [2.45, 2.75) is 44.1 Å². The molecule has 1 aliphatic rings. The van der Waals surface area contributed by atoms with Gasteiger partial charge >= 0.3 is 0 Å². The maximum Gasteiger partial charge on any atom is 0.264 e. The number of ether oxygens (including phenoxy) is 1. The van der Waals surface area contributed by atoms with Crippen molar-refractivity contribution in [1.29, 1.82) is 0 Å². The normalized spacial score (nSPS) is 18.0. The summed E-state index contributed by atoms with van der Waals surface area (Å²) in [5.41, 5.74) is 1.69. The zero-order chi connectivity index (χ0) is 17.5. The van der Waals surface area contributed by atoms with E-state index in [0.717, 1.165) is 5.56 Å². The van der Waals surface area contributed by atoms with E-state index in [0.29, 0.717) is 22.9 Å². The van der Waals surface area contributed by atoms with Gasteiger partial charge in [-0.25, -0.2) is 8.42 Å². The van der Waals surface area contributed by atoms with E-state index in [-0.39, 0.29) is 11.5 Å². The molecule has 3 rings (SSSR count). The third-order valence-electron chi connectivity index (χ3n) is 4.19. The molecule has 2 aromatic rings. The number of benzene rings is 2. The largest absolute Gasteiger partial charge is 0.487 e. The highest BCUT2D eigenvalue weighted by molar-refractivity contribution is 7.92. The first-order valence-electron chi connectivity index (χ1n) is 8.08. The molecule has 0 aliphatic carbocycles. The van der Waals surface area contributed by atoms with Gasteiger partial charge in [0.05, 0.1) is 17.1 Å². The summed E-state index contributed by atoms with van der Waals surface area (Å²) in [5.74, 6) is 0.603. The molecule has 0 saturated carbocycles. The molecular weight excluding hydrogens is 322 g/mol. The summed E-state index contributed by atoms with van der Waals surface area (Å²) in [6.07, 6.45) is -0.191. The van der Waals surface area contributed by atoms with E-state index in [4.69, 9.17) is 4.74 Å². The number of anilines is 1. The highest BCUT2D eigenvalue weighted by Gasteiger charge is 2.32. The molecule has 0 saturated heterocycles. The molecule has 5 heteroatoms. The van der Waals surface area contributed by atoms with Crippen LogP contribution in [0.2, 0.25) is 0 Å². The van der Waals surface area contributed by atoms with E-state index < -0.39 is 10.0 Å². The summed E-state index contributed by atoms with van der Waals surface area (Å²) in [5, 5.41) is 0. The number of fused-ring (bicyclic) bond motifs is 1. The SMILES string of the molecule is CC1CN(S(=O)(=O)c2ccc(C(C)(C)C)cc2)c2ccccc2O1. The van der Waals surface area contributed by atoms with Crippen LogP contribution in [0.1, 0.15) is 33.3 Å². The molecule has 1 aliphatic heterocycles. The zero-order valence-electron chi connectivity index (χ0n) is 14.5. The van der Waals surface area contributed by atoms with E-state index in [1.54, 1.807) is 24.3 Å². The van der Waals surface area contributed by atoms with E-state index >= 15 is 0 Å². The molecule has 1 heterocycles. The van der Waals surface area contributed by atoms with Crippen LogP contribution in [0.5, 0.6) is 5.75 Å². The number of sulfonamides is 1. The molecule has 0 fully saturated rings. The van der Waals surface area contributed by atoms with Crippen LogP contribution in [0.15, 0.2) is 53.4 Å². The van der Waals surface area contributed by atoms with Crippen molar-refractivity contribution < 1.29 is 13.2 Å². The van der Waals surface area contributed by atoms with Gasteiger partial charge in [-0.2, -0.15) is 0 Å². The Morgan fingerprint density at radius 2 is 1.67 bits per heavy atom. The molecule has 1 atom stereocenters. The standard InChI is InChI=1S/C19H23NO3S/c1-14-13-20(17-7-5-6-8-18(17)23-14)24(21,22)16-11-9-15(10-12-16)19(2,3)4/h5-12,14H,13H2,1-4H3. The molecular formula is C19H23NO3S. The number of para-hydroxylation sites is 2. The van der Waals surface area contributed by atoms with Gasteiger partial charge in [-0.05, 0) is 42.2 Å². The van der Waals surface area contributed by atoms with Crippen LogP contribution in [0, 0.1) is 0 Å². The monoisotopic (exact) mass is 345 g/mol. The summed E-state index contributed by atoms with van der Waals surface area (Å²) < 4.78 is 33.5. The predicted molar refractivity (Wildman–Crippen MR) is 96.2 cm³/mol. The van der Waals surface area contributed by atoms with E-state index in [2.05, 4.69) is 20.8 Å². The van der Waals surface area contributed by atoms with Gasteiger partial charge in [0, 0.05) is 0 Å². The van der Waals surface area contributed by atoms with Gasteiger partial charge in [0.1, 0.15) is 11.9 Å². The lowest BCUT2D eigenvalue weighted by molar-refractivity contribution is 0.219. The minimum absolute atomic E-state index is 0.0115. The highest BCUT2D eigenvalue weighted by atomic mass is 32.2. The summed E-state index contributed by atoms with van der Waals surface area (Å²) in [4.78, 5) is 0.305. The van der Waals surface area contributed by atoms with Gasteiger partial charge in [0.15, 0.2) is 0 Å². The molecule has 1 unspecified atom stereocenters. The Labute approximate surface area is 144 Å². The lowest BCUT2D eigenvalue weighted by Crippen LogP contribution is -2.42. The highest BCUT2D eigenvalue weighted by Crippen LogP contribution is 2.36. The smallest absolute Gasteiger partial charge is 0.264 e. The van der Waals surface area contributed by atoms with Crippen LogP contribution in [0.3, 0.4) is 0 Å². The molecule has 4 nitrogen and oxygen atoms in total. The number of rotatable bonds is 2. The van der Waals surface area contributed by atoms with Crippen molar-refractivity contribution in [2.75, 3.05) is 10.8 Å². The minimum Gasteiger partial charge on any atom is -0.487 e. The third-order valence-corrected chi connectivity index (χ3v) is 5.99. The number of hydrogen-bond acceptors (Lipinski definition) is 3. The molecule has 0 bridgehead atoms. The Kier molecular flexibility index (Phi) is 4.08. The molecule has 0 radical (unpaired) electrons. The molecule has 128 valence electrons. The first-order valence-corrected chi connectivity index (χ1v) is 9.52. The van der Waals surface area contributed by atoms with Crippen LogP contribution in [0.25, 0.3) is 0 Å². The topological polar surface area (TPSA) is 46.6 Å². The van der Waals surface area contributed by atoms with E-state index in [1.165, 1.54) is 4.31 Å². The van der Waals surface area contributed by atoms with Crippen molar-refractivity contribution in [3.63, 3.8) is 0 Å². The van der Waals surface area contributed by atoms with Gasteiger partial charge < -0.3 is 4.74 Å². The third kappa shape index (κ3) is 3.00. The maximum atomic E-state index is 13.1. The quantitative estimate of drug-likeness (QED) is 0.828. The number of hydrogen-bond donors (Lipinski definition) is 0. The second kappa shape index (κ2) is 5.81. The van der Waals surface area contributed by atoms with Crippen molar-refractivity contribution in [2.24, 2.45) is 0 Å². The Hall–Kier alpha value is -2.01.